The Morgan fingerprint density at radius 3 is 2.63 bits per heavy atom. The van der Waals surface area contributed by atoms with Gasteiger partial charge in [0.1, 0.15) is 11.9 Å². The van der Waals surface area contributed by atoms with Crippen LogP contribution in [0.15, 0.2) is 60.8 Å². The molecule has 1 atom stereocenters. The van der Waals surface area contributed by atoms with E-state index in [4.69, 9.17) is 0 Å². The lowest BCUT2D eigenvalue weighted by Gasteiger charge is -2.23. The molecule has 3 aromatic rings. The second-order valence-electron chi connectivity index (χ2n) is 7.33. The van der Waals surface area contributed by atoms with Crippen LogP contribution < -0.4 is 5.32 Å². The van der Waals surface area contributed by atoms with Gasteiger partial charge in [0.25, 0.3) is 0 Å². The number of carbonyl (C=O) groups excluding carboxylic acids is 2. The first-order valence-corrected chi connectivity index (χ1v) is 10.7. The topological polar surface area (TPSA) is 62.3 Å². The van der Waals surface area contributed by atoms with Gasteiger partial charge in [-0.25, -0.2) is 9.37 Å². The number of halogens is 1. The van der Waals surface area contributed by atoms with Gasteiger partial charge < -0.3 is 10.2 Å². The molecule has 4 rings (SSSR count). The Morgan fingerprint density at radius 2 is 1.87 bits per heavy atom. The average Bonchev–Trinajstić information content (AvgIpc) is 3.40. The zero-order valence-electron chi connectivity index (χ0n) is 16.4. The third kappa shape index (κ3) is 4.91. The summed E-state index contributed by atoms with van der Waals surface area (Å²) in [6, 6.07) is 15.4. The van der Waals surface area contributed by atoms with Crippen molar-refractivity contribution in [2.75, 3.05) is 11.9 Å². The summed E-state index contributed by atoms with van der Waals surface area (Å²) in [5.41, 5.74) is 1.92. The molecule has 7 heteroatoms. The highest BCUT2D eigenvalue weighted by Gasteiger charge is 2.34. The molecular weight excluding hydrogens is 401 g/mol. The number of hydrogen-bond donors (Lipinski definition) is 1. The molecule has 30 heavy (non-hydrogen) atoms. The van der Waals surface area contributed by atoms with Gasteiger partial charge in [-0.2, -0.15) is 0 Å². The first-order chi connectivity index (χ1) is 14.6. The monoisotopic (exact) mass is 423 g/mol. The number of benzene rings is 2. The Hall–Kier alpha value is -3.06. The van der Waals surface area contributed by atoms with E-state index < -0.39 is 6.04 Å². The fourth-order valence-corrected chi connectivity index (χ4v) is 4.50. The van der Waals surface area contributed by atoms with Crippen LogP contribution in [0.25, 0.3) is 0 Å². The Morgan fingerprint density at radius 1 is 1.10 bits per heavy atom. The summed E-state index contributed by atoms with van der Waals surface area (Å²) >= 11 is 1.39. The molecule has 2 aromatic carbocycles. The van der Waals surface area contributed by atoms with E-state index in [1.165, 1.54) is 23.5 Å². The zero-order chi connectivity index (χ0) is 20.9. The predicted molar refractivity (Wildman–Crippen MR) is 115 cm³/mol. The first kappa shape index (κ1) is 20.2. The highest BCUT2D eigenvalue weighted by atomic mass is 32.1. The van der Waals surface area contributed by atoms with Gasteiger partial charge in [0.05, 0.1) is 6.42 Å². The molecule has 154 valence electrons. The van der Waals surface area contributed by atoms with Crippen molar-refractivity contribution in [2.24, 2.45) is 0 Å². The molecule has 2 heterocycles. The Balaban J connectivity index is 1.36. The molecule has 1 fully saturated rings. The number of carbonyl (C=O) groups is 2. The third-order valence-electron chi connectivity index (χ3n) is 5.15. The number of nitrogens with one attached hydrogen (secondary N) is 1. The number of likely N-dealkylation sites (tertiary alicyclic amines) is 1. The van der Waals surface area contributed by atoms with Crippen molar-refractivity contribution in [1.82, 2.24) is 9.88 Å². The van der Waals surface area contributed by atoms with Crippen LogP contribution in [0, 0.1) is 5.82 Å². The number of amides is 2. The Kier molecular flexibility index (Phi) is 6.18. The molecule has 1 saturated heterocycles. The number of thiazole rings is 1. The lowest BCUT2D eigenvalue weighted by molar-refractivity contribution is -0.136. The first-order valence-electron chi connectivity index (χ1n) is 9.92. The van der Waals surface area contributed by atoms with E-state index in [2.05, 4.69) is 10.3 Å². The van der Waals surface area contributed by atoms with Gasteiger partial charge in [-0.05, 0) is 36.1 Å². The van der Waals surface area contributed by atoms with Crippen LogP contribution in [0.2, 0.25) is 0 Å². The molecule has 0 aliphatic carbocycles. The summed E-state index contributed by atoms with van der Waals surface area (Å²) in [4.78, 5) is 32.5. The summed E-state index contributed by atoms with van der Waals surface area (Å²) in [5.74, 6) is -0.495. The van der Waals surface area contributed by atoms with Crippen LogP contribution in [0.3, 0.4) is 0 Å². The summed E-state index contributed by atoms with van der Waals surface area (Å²) in [6.07, 6.45) is 4.10. The molecule has 0 bridgehead atoms. The lowest BCUT2D eigenvalue weighted by Crippen LogP contribution is -2.43. The van der Waals surface area contributed by atoms with Crippen LogP contribution >= 0.6 is 11.3 Å². The van der Waals surface area contributed by atoms with Crippen LogP contribution in [0.4, 0.5) is 9.52 Å². The number of hydrogen-bond acceptors (Lipinski definition) is 4. The molecule has 0 saturated carbocycles. The molecule has 1 unspecified atom stereocenters. The van der Waals surface area contributed by atoms with Crippen LogP contribution in [-0.2, 0) is 22.4 Å². The molecule has 1 aliphatic heterocycles. The quantitative estimate of drug-likeness (QED) is 0.651. The molecule has 0 spiro atoms. The summed E-state index contributed by atoms with van der Waals surface area (Å²) < 4.78 is 13.0. The molecule has 0 radical (unpaired) electrons. The fourth-order valence-electron chi connectivity index (χ4n) is 3.65. The van der Waals surface area contributed by atoms with E-state index in [1.807, 2.05) is 30.3 Å². The van der Waals surface area contributed by atoms with E-state index in [1.54, 1.807) is 23.2 Å². The summed E-state index contributed by atoms with van der Waals surface area (Å²) in [6.45, 7) is 0.595. The SMILES string of the molecule is O=C(Nc1ncc(Cc2ccc(F)cc2)s1)C1CCCN1C(=O)Cc1ccccc1. The fraction of sp³-hybridized carbons (Fsp3) is 0.261. The summed E-state index contributed by atoms with van der Waals surface area (Å²) in [5, 5.41) is 3.38. The van der Waals surface area contributed by atoms with Gasteiger partial charge >= 0.3 is 0 Å². The van der Waals surface area contributed by atoms with E-state index in [0.717, 1.165) is 22.4 Å². The van der Waals surface area contributed by atoms with Crippen molar-refractivity contribution in [3.05, 3.63) is 82.6 Å². The third-order valence-corrected chi connectivity index (χ3v) is 6.06. The highest BCUT2D eigenvalue weighted by Crippen LogP contribution is 2.24. The molecule has 1 aromatic heterocycles. The van der Waals surface area contributed by atoms with Crippen molar-refractivity contribution < 1.29 is 14.0 Å². The van der Waals surface area contributed by atoms with E-state index >= 15 is 0 Å². The van der Waals surface area contributed by atoms with Crippen molar-refractivity contribution >= 4 is 28.3 Å². The maximum absolute atomic E-state index is 13.0. The average molecular weight is 424 g/mol. The lowest BCUT2D eigenvalue weighted by atomic mass is 10.1. The normalized spacial score (nSPS) is 15.9. The number of aromatic nitrogens is 1. The molecule has 2 amide bonds. The summed E-state index contributed by atoms with van der Waals surface area (Å²) in [7, 11) is 0. The number of nitrogens with zero attached hydrogens (tertiary/aromatic N) is 2. The Bertz CT molecular complexity index is 1020. The second-order valence-corrected chi connectivity index (χ2v) is 8.45. The zero-order valence-corrected chi connectivity index (χ0v) is 17.2. The van der Waals surface area contributed by atoms with E-state index in [0.29, 0.717) is 30.9 Å². The molecule has 5 nitrogen and oxygen atoms in total. The van der Waals surface area contributed by atoms with E-state index in [-0.39, 0.29) is 17.6 Å². The van der Waals surface area contributed by atoms with Gasteiger partial charge in [0, 0.05) is 24.0 Å². The molecular formula is C23H22FN3O2S. The standard InChI is InChI=1S/C23H22FN3O2S/c24-18-10-8-17(9-11-18)13-19-15-25-23(30-19)26-22(29)20-7-4-12-27(20)21(28)14-16-5-2-1-3-6-16/h1-3,5-6,8-11,15,20H,4,7,12-14H2,(H,25,26,29). The van der Waals surface area contributed by atoms with Crippen LogP contribution in [0.5, 0.6) is 0 Å². The minimum atomic E-state index is -0.467. The maximum Gasteiger partial charge on any atom is 0.248 e. The minimum absolute atomic E-state index is 0.0324. The van der Waals surface area contributed by atoms with Gasteiger partial charge in [-0.3, -0.25) is 9.59 Å². The van der Waals surface area contributed by atoms with Crippen molar-refractivity contribution in [3.63, 3.8) is 0 Å². The predicted octanol–water partition coefficient (Wildman–Crippen LogP) is 4.05. The van der Waals surface area contributed by atoms with Gasteiger partial charge in [0.2, 0.25) is 11.8 Å². The van der Waals surface area contributed by atoms with Gasteiger partial charge in [0.15, 0.2) is 5.13 Å². The molecule has 1 N–H and O–H groups in total. The van der Waals surface area contributed by atoms with Crippen molar-refractivity contribution in [1.29, 1.82) is 0 Å². The van der Waals surface area contributed by atoms with Crippen molar-refractivity contribution in [3.8, 4) is 0 Å². The van der Waals surface area contributed by atoms with Crippen molar-refractivity contribution in [2.45, 2.75) is 31.7 Å². The van der Waals surface area contributed by atoms with Crippen LogP contribution in [-0.4, -0.2) is 34.3 Å². The number of anilines is 1. The van der Waals surface area contributed by atoms with Crippen LogP contribution in [0.1, 0.15) is 28.8 Å². The highest BCUT2D eigenvalue weighted by molar-refractivity contribution is 7.15. The van der Waals surface area contributed by atoms with E-state index in [9.17, 15) is 14.0 Å². The van der Waals surface area contributed by atoms with Gasteiger partial charge in [-0.1, -0.05) is 42.5 Å². The minimum Gasteiger partial charge on any atom is -0.330 e. The largest absolute Gasteiger partial charge is 0.330 e. The Labute approximate surface area is 178 Å². The van der Waals surface area contributed by atoms with Gasteiger partial charge in [-0.15, -0.1) is 11.3 Å². The number of rotatable bonds is 6. The molecule has 1 aliphatic rings. The maximum atomic E-state index is 13.0. The smallest absolute Gasteiger partial charge is 0.248 e. The second kappa shape index (κ2) is 9.17.